The number of carbonyl (C=O) groups excluding carboxylic acids is 1. The molecule has 0 aliphatic carbocycles. The van der Waals surface area contributed by atoms with E-state index in [1.807, 2.05) is 13.8 Å². The quantitative estimate of drug-likeness (QED) is 0.778. The van der Waals surface area contributed by atoms with Crippen LogP contribution in [-0.4, -0.2) is 23.9 Å². The molecule has 0 saturated carbocycles. The Balaban J connectivity index is 3.02. The minimum atomic E-state index is -0.516. The molecule has 0 aliphatic heterocycles. The third-order valence-corrected chi connectivity index (χ3v) is 2.92. The molecule has 92 valence electrons. The van der Waals surface area contributed by atoms with Gasteiger partial charge in [-0.25, -0.2) is 4.39 Å². The Morgan fingerprint density at radius 1 is 1.53 bits per heavy atom. The minimum absolute atomic E-state index is 0.0856. The number of rotatable bonds is 4. The molecule has 0 N–H and O–H groups in total. The molecular weight excluding hydrogens is 285 g/mol. The number of nitrogens with zero attached hydrogens (tertiary/aromatic N) is 1. The highest BCUT2D eigenvalue weighted by Gasteiger charge is 2.19. The molecule has 1 rings (SSSR count). The second-order valence-electron chi connectivity index (χ2n) is 3.88. The number of hydrogen-bond acceptors (Lipinski definition) is 1. The Morgan fingerprint density at radius 2 is 2.18 bits per heavy atom. The lowest BCUT2D eigenvalue weighted by Crippen LogP contribution is -2.32. The van der Waals surface area contributed by atoms with Crippen LogP contribution in [0, 0.1) is 5.82 Å². The zero-order valence-corrected chi connectivity index (χ0v) is 11.6. The monoisotopic (exact) mass is 299 g/mol. The summed E-state index contributed by atoms with van der Waals surface area (Å²) in [5, 5.41) is 0. The average Bonchev–Trinajstić information content (AvgIpc) is 2.28. The third-order valence-electron chi connectivity index (χ3n) is 2.31. The van der Waals surface area contributed by atoms with Gasteiger partial charge in [-0.2, -0.15) is 0 Å². The SMILES string of the molecule is C=C(C)CN(CC)C(=O)c1cccc(Br)c1F. The summed E-state index contributed by atoms with van der Waals surface area (Å²) in [5.74, 6) is -0.827. The smallest absolute Gasteiger partial charge is 0.257 e. The number of hydrogen-bond donors (Lipinski definition) is 0. The Kier molecular flexibility index (Phi) is 4.87. The zero-order chi connectivity index (χ0) is 13.0. The molecule has 4 heteroatoms. The van der Waals surface area contributed by atoms with Gasteiger partial charge in [-0.1, -0.05) is 18.2 Å². The Morgan fingerprint density at radius 3 is 2.71 bits per heavy atom. The molecule has 0 unspecified atom stereocenters. The van der Waals surface area contributed by atoms with Gasteiger partial charge in [0.15, 0.2) is 0 Å². The molecule has 0 spiro atoms. The predicted octanol–water partition coefficient (Wildman–Crippen LogP) is 3.63. The van der Waals surface area contributed by atoms with Gasteiger partial charge < -0.3 is 4.90 Å². The first kappa shape index (κ1) is 13.9. The maximum Gasteiger partial charge on any atom is 0.257 e. The molecule has 0 radical (unpaired) electrons. The van der Waals surface area contributed by atoms with E-state index < -0.39 is 5.82 Å². The molecule has 1 aromatic carbocycles. The summed E-state index contributed by atoms with van der Waals surface area (Å²) < 4.78 is 14.1. The number of amides is 1. The van der Waals surface area contributed by atoms with Gasteiger partial charge in [0.1, 0.15) is 5.82 Å². The summed E-state index contributed by atoms with van der Waals surface area (Å²) >= 11 is 3.07. The van der Waals surface area contributed by atoms with Crippen molar-refractivity contribution >= 4 is 21.8 Å². The fourth-order valence-electron chi connectivity index (χ4n) is 1.49. The van der Waals surface area contributed by atoms with Crippen molar-refractivity contribution in [3.05, 3.63) is 46.2 Å². The van der Waals surface area contributed by atoms with Crippen molar-refractivity contribution in [2.75, 3.05) is 13.1 Å². The first-order valence-corrected chi connectivity index (χ1v) is 6.14. The van der Waals surface area contributed by atoms with Crippen molar-refractivity contribution in [3.63, 3.8) is 0 Å². The van der Waals surface area contributed by atoms with Crippen LogP contribution in [0.5, 0.6) is 0 Å². The fourth-order valence-corrected chi connectivity index (χ4v) is 1.86. The predicted molar refractivity (Wildman–Crippen MR) is 70.5 cm³/mol. The number of likely N-dealkylation sites (N-methyl/N-ethyl adjacent to an activating group) is 1. The first-order valence-electron chi connectivity index (χ1n) is 5.35. The van der Waals surface area contributed by atoms with E-state index in [0.717, 1.165) is 5.57 Å². The van der Waals surface area contributed by atoms with E-state index in [1.165, 1.54) is 6.07 Å². The normalized spacial score (nSPS) is 10.1. The zero-order valence-electron chi connectivity index (χ0n) is 9.96. The molecule has 0 heterocycles. The van der Waals surface area contributed by atoms with Crippen LogP contribution in [0.4, 0.5) is 4.39 Å². The highest BCUT2D eigenvalue weighted by molar-refractivity contribution is 9.10. The van der Waals surface area contributed by atoms with Gasteiger partial charge in [-0.3, -0.25) is 4.79 Å². The molecule has 0 fully saturated rings. The number of carbonyl (C=O) groups is 1. The largest absolute Gasteiger partial charge is 0.335 e. The van der Waals surface area contributed by atoms with E-state index in [0.29, 0.717) is 17.6 Å². The maximum absolute atomic E-state index is 13.8. The fraction of sp³-hybridized carbons (Fsp3) is 0.308. The number of benzene rings is 1. The lowest BCUT2D eigenvalue weighted by Gasteiger charge is -2.21. The van der Waals surface area contributed by atoms with Crippen LogP contribution < -0.4 is 0 Å². The molecule has 1 aromatic rings. The molecule has 0 atom stereocenters. The summed E-state index contributed by atoms with van der Waals surface area (Å²) in [6.45, 7) is 8.43. The van der Waals surface area contributed by atoms with Crippen LogP contribution in [0.2, 0.25) is 0 Å². The lowest BCUT2D eigenvalue weighted by molar-refractivity contribution is 0.0773. The van der Waals surface area contributed by atoms with Gasteiger partial charge in [0, 0.05) is 13.1 Å². The second kappa shape index (κ2) is 5.96. The summed E-state index contributed by atoms with van der Waals surface area (Å²) in [6.07, 6.45) is 0. The van der Waals surface area contributed by atoms with Gasteiger partial charge in [-0.15, -0.1) is 0 Å². The molecule has 0 aromatic heterocycles. The van der Waals surface area contributed by atoms with E-state index in [9.17, 15) is 9.18 Å². The van der Waals surface area contributed by atoms with Gasteiger partial charge in [0.05, 0.1) is 10.0 Å². The summed E-state index contributed by atoms with van der Waals surface area (Å²) in [4.78, 5) is 13.7. The molecule has 0 saturated heterocycles. The van der Waals surface area contributed by atoms with Crippen molar-refractivity contribution in [2.24, 2.45) is 0 Å². The lowest BCUT2D eigenvalue weighted by atomic mass is 10.1. The van der Waals surface area contributed by atoms with Crippen molar-refractivity contribution in [1.29, 1.82) is 0 Å². The molecule has 1 amide bonds. The van der Waals surface area contributed by atoms with Gasteiger partial charge in [0.2, 0.25) is 0 Å². The van der Waals surface area contributed by atoms with Crippen molar-refractivity contribution in [1.82, 2.24) is 4.90 Å². The topological polar surface area (TPSA) is 20.3 Å². The Bertz CT molecular complexity index is 445. The summed E-state index contributed by atoms with van der Waals surface area (Å²) in [6, 6.07) is 4.71. The first-order chi connectivity index (χ1) is 7.97. The maximum atomic E-state index is 13.8. The van der Waals surface area contributed by atoms with E-state index >= 15 is 0 Å². The Labute approximate surface area is 109 Å². The van der Waals surface area contributed by atoms with Crippen molar-refractivity contribution in [3.8, 4) is 0 Å². The van der Waals surface area contributed by atoms with Crippen LogP contribution in [0.3, 0.4) is 0 Å². The molecule has 0 aliphatic rings. The van der Waals surface area contributed by atoms with Crippen molar-refractivity contribution < 1.29 is 9.18 Å². The average molecular weight is 300 g/mol. The highest BCUT2D eigenvalue weighted by atomic mass is 79.9. The molecular formula is C13H15BrFNO. The van der Waals surface area contributed by atoms with E-state index in [1.54, 1.807) is 17.0 Å². The second-order valence-corrected chi connectivity index (χ2v) is 4.73. The van der Waals surface area contributed by atoms with E-state index in [2.05, 4.69) is 22.5 Å². The van der Waals surface area contributed by atoms with Crippen LogP contribution in [0.15, 0.2) is 34.8 Å². The molecule has 2 nitrogen and oxygen atoms in total. The molecule has 17 heavy (non-hydrogen) atoms. The Hall–Kier alpha value is -1.16. The molecule has 0 bridgehead atoms. The van der Waals surface area contributed by atoms with Gasteiger partial charge in [-0.05, 0) is 41.9 Å². The number of halogens is 2. The minimum Gasteiger partial charge on any atom is -0.335 e. The standard InChI is InChI=1S/C13H15BrFNO/c1-4-16(8-9(2)3)13(17)10-6-5-7-11(14)12(10)15/h5-7H,2,4,8H2,1,3H3. The van der Waals surface area contributed by atoms with Crippen molar-refractivity contribution in [2.45, 2.75) is 13.8 Å². The van der Waals surface area contributed by atoms with Crippen LogP contribution in [0.25, 0.3) is 0 Å². The van der Waals surface area contributed by atoms with Gasteiger partial charge in [0.25, 0.3) is 5.91 Å². The summed E-state index contributed by atoms with van der Waals surface area (Å²) in [7, 11) is 0. The van der Waals surface area contributed by atoms with Crippen LogP contribution in [-0.2, 0) is 0 Å². The van der Waals surface area contributed by atoms with Gasteiger partial charge >= 0.3 is 0 Å². The summed E-state index contributed by atoms with van der Waals surface area (Å²) in [5.41, 5.74) is 0.957. The van der Waals surface area contributed by atoms with Crippen LogP contribution in [0.1, 0.15) is 24.2 Å². The van der Waals surface area contributed by atoms with E-state index in [4.69, 9.17) is 0 Å². The van der Waals surface area contributed by atoms with Crippen LogP contribution >= 0.6 is 15.9 Å². The third kappa shape index (κ3) is 3.40. The van der Waals surface area contributed by atoms with E-state index in [-0.39, 0.29) is 11.5 Å². The highest BCUT2D eigenvalue weighted by Crippen LogP contribution is 2.20.